The van der Waals surface area contributed by atoms with Gasteiger partial charge in [-0.2, -0.15) is 0 Å². The Hall–Kier alpha value is -2.11. The number of hydrogen-bond donors (Lipinski definition) is 2. The summed E-state index contributed by atoms with van der Waals surface area (Å²) in [5.74, 6) is -2.93. The molecule has 0 aliphatic rings. The molecule has 0 saturated heterocycles. The van der Waals surface area contributed by atoms with Gasteiger partial charge in [0.2, 0.25) is 0 Å². The van der Waals surface area contributed by atoms with E-state index in [9.17, 15) is 14.4 Å². The van der Waals surface area contributed by atoms with E-state index >= 15 is 0 Å². The summed E-state index contributed by atoms with van der Waals surface area (Å²) in [6.45, 7) is 4.61. The Morgan fingerprint density at radius 3 is 2.24 bits per heavy atom. The number of rotatable bonds is 7. The molecule has 6 heteroatoms. The molecule has 0 aromatic carbocycles. The number of hydrogen-bond acceptors (Lipinski definition) is 4. The molecule has 17 heavy (non-hydrogen) atoms. The number of carbonyl (C=O) groups is 3. The maximum atomic E-state index is 11.0. The van der Waals surface area contributed by atoms with E-state index in [1.54, 1.807) is 0 Å². The zero-order valence-electron chi connectivity index (χ0n) is 9.43. The molecule has 0 saturated carbocycles. The van der Waals surface area contributed by atoms with Crippen LogP contribution in [0.4, 0.5) is 0 Å². The molecular weight excluding hydrogens is 228 g/mol. The van der Waals surface area contributed by atoms with Crippen LogP contribution < -0.4 is 0 Å². The summed E-state index contributed by atoms with van der Waals surface area (Å²) in [6.07, 6.45) is 0.772. The molecule has 0 heterocycles. The van der Waals surface area contributed by atoms with Crippen LogP contribution in [0, 0.1) is 0 Å². The lowest BCUT2D eigenvalue weighted by atomic mass is 10.1. The standard InChI is InChI=1S/C11H14O6/c1-7(2)11(16)17-6-5-8(10(14)15)3-4-9(12)13/h5H,1,3-4,6H2,2H3,(H,12,13)(H,14,15). The lowest BCUT2D eigenvalue weighted by molar-refractivity contribution is -0.139. The number of ether oxygens (including phenoxy) is 1. The first-order valence-corrected chi connectivity index (χ1v) is 4.81. The molecule has 6 nitrogen and oxygen atoms in total. The van der Waals surface area contributed by atoms with Gasteiger partial charge in [0, 0.05) is 17.6 Å². The highest BCUT2D eigenvalue weighted by Crippen LogP contribution is 2.06. The van der Waals surface area contributed by atoms with Crippen molar-refractivity contribution in [3.05, 3.63) is 23.8 Å². The Balaban J connectivity index is 4.31. The van der Waals surface area contributed by atoms with Crippen molar-refractivity contribution in [3.63, 3.8) is 0 Å². The van der Waals surface area contributed by atoms with E-state index in [1.807, 2.05) is 0 Å². The second-order valence-corrected chi connectivity index (χ2v) is 3.31. The first kappa shape index (κ1) is 14.9. The van der Waals surface area contributed by atoms with E-state index in [1.165, 1.54) is 13.0 Å². The molecule has 0 spiro atoms. The normalized spacial score (nSPS) is 10.8. The van der Waals surface area contributed by atoms with Crippen molar-refractivity contribution in [1.82, 2.24) is 0 Å². The van der Waals surface area contributed by atoms with Crippen LogP contribution in [0.25, 0.3) is 0 Å². The minimum atomic E-state index is -1.22. The Kier molecular flexibility index (Phi) is 6.32. The third kappa shape index (κ3) is 6.88. The van der Waals surface area contributed by atoms with Gasteiger partial charge >= 0.3 is 17.9 Å². The van der Waals surface area contributed by atoms with E-state index < -0.39 is 17.9 Å². The monoisotopic (exact) mass is 242 g/mol. The Labute approximate surface area is 98.2 Å². The molecule has 0 aliphatic carbocycles. The van der Waals surface area contributed by atoms with Gasteiger partial charge in [-0.1, -0.05) is 6.58 Å². The summed E-state index contributed by atoms with van der Waals surface area (Å²) in [7, 11) is 0. The van der Waals surface area contributed by atoms with Crippen LogP contribution in [0.1, 0.15) is 19.8 Å². The number of carboxylic acid groups (broad SMARTS) is 2. The molecule has 0 aromatic rings. The number of carbonyl (C=O) groups excluding carboxylic acids is 1. The van der Waals surface area contributed by atoms with Gasteiger partial charge in [0.1, 0.15) is 6.61 Å². The summed E-state index contributed by atoms with van der Waals surface area (Å²) in [4.78, 5) is 32.0. The molecule has 0 amide bonds. The van der Waals surface area contributed by atoms with Gasteiger partial charge in [0.05, 0.1) is 0 Å². The van der Waals surface area contributed by atoms with E-state index in [2.05, 4.69) is 11.3 Å². The second kappa shape index (κ2) is 7.21. The fourth-order valence-electron chi connectivity index (χ4n) is 0.879. The highest BCUT2D eigenvalue weighted by Gasteiger charge is 2.10. The molecule has 0 unspecified atom stereocenters. The average Bonchev–Trinajstić information content (AvgIpc) is 2.21. The number of aliphatic carboxylic acids is 2. The van der Waals surface area contributed by atoms with Crippen molar-refractivity contribution in [2.75, 3.05) is 6.61 Å². The van der Waals surface area contributed by atoms with Crippen molar-refractivity contribution >= 4 is 17.9 Å². The molecule has 0 rings (SSSR count). The van der Waals surface area contributed by atoms with E-state index in [0.717, 1.165) is 0 Å². The molecular formula is C11H14O6. The van der Waals surface area contributed by atoms with Crippen molar-refractivity contribution in [2.24, 2.45) is 0 Å². The molecule has 0 atom stereocenters. The van der Waals surface area contributed by atoms with Crippen molar-refractivity contribution < 1.29 is 29.3 Å². The molecule has 0 fully saturated rings. The average molecular weight is 242 g/mol. The van der Waals surface area contributed by atoms with Crippen molar-refractivity contribution in [3.8, 4) is 0 Å². The van der Waals surface area contributed by atoms with Crippen LogP contribution in [-0.2, 0) is 19.1 Å². The van der Waals surface area contributed by atoms with E-state index in [0.29, 0.717) is 0 Å². The topological polar surface area (TPSA) is 101 Å². The Morgan fingerprint density at radius 2 is 1.82 bits per heavy atom. The molecule has 0 aromatic heterocycles. The summed E-state index contributed by atoms with van der Waals surface area (Å²) < 4.78 is 4.67. The minimum absolute atomic E-state index is 0.0954. The lowest BCUT2D eigenvalue weighted by Gasteiger charge is -2.02. The molecule has 0 radical (unpaired) electrons. The van der Waals surface area contributed by atoms with Crippen LogP contribution in [0.3, 0.4) is 0 Å². The molecule has 0 bridgehead atoms. The van der Waals surface area contributed by atoms with Gasteiger partial charge in [-0.05, 0) is 19.4 Å². The van der Waals surface area contributed by atoms with Crippen LogP contribution in [0.2, 0.25) is 0 Å². The summed E-state index contributed by atoms with van der Waals surface area (Å²) in [5, 5.41) is 17.2. The second-order valence-electron chi connectivity index (χ2n) is 3.31. The SMILES string of the molecule is C=C(C)C(=O)OCC=C(CCC(=O)O)C(=O)O. The van der Waals surface area contributed by atoms with Crippen molar-refractivity contribution in [2.45, 2.75) is 19.8 Å². The first-order valence-electron chi connectivity index (χ1n) is 4.81. The van der Waals surface area contributed by atoms with Crippen LogP contribution in [-0.4, -0.2) is 34.7 Å². The predicted octanol–water partition coefficient (Wildman–Crippen LogP) is 0.982. The van der Waals surface area contributed by atoms with Gasteiger partial charge in [-0.15, -0.1) is 0 Å². The summed E-state index contributed by atoms with van der Waals surface area (Å²) >= 11 is 0. The third-order valence-corrected chi connectivity index (χ3v) is 1.78. The summed E-state index contributed by atoms with van der Waals surface area (Å²) in [5.41, 5.74) is 0.114. The first-order chi connectivity index (χ1) is 7.84. The van der Waals surface area contributed by atoms with Gasteiger partial charge < -0.3 is 14.9 Å². The minimum Gasteiger partial charge on any atom is -0.481 e. The van der Waals surface area contributed by atoms with Gasteiger partial charge in [-0.25, -0.2) is 9.59 Å². The van der Waals surface area contributed by atoms with Crippen molar-refractivity contribution in [1.29, 1.82) is 0 Å². The highest BCUT2D eigenvalue weighted by molar-refractivity contribution is 5.88. The summed E-state index contributed by atoms with van der Waals surface area (Å²) in [6, 6.07) is 0. The Morgan fingerprint density at radius 1 is 1.24 bits per heavy atom. The van der Waals surface area contributed by atoms with Gasteiger partial charge in [0.15, 0.2) is 0 Å². The number of esters is 1. The molecule has 94 valence electrons. The van der Waals surface area contributed by atoms with Gasteiger partial charge in [-0.3, -0.25) is 4.79 Å². The van der Waals surface area contributed by atoms with E-state index in [4.69, 9.17) is 10.2 Å². The Bertz CT molecular complexity index is 366. The molecule has 0 aliphatic heterocycles. The van der Waals surface area contributed by atoms with Gasteiger partial charge in [0.25, 0.3) is 0 Å². The smallest absolute Gasteiger partial charge is 0.333 e. The largest absolute Gasteiger partial charge is 0.481 e. The highest BCUT2D eigenvalue weighted by atomic mass is 16.5. The molecule has 2 N–H and O–H groups in total. The number of carboxylic acids is 2. The predicted molar refractivity (Wildman–Crippen MR) is 58.4 cm³/mol. The third-order valence-electron chi connectivity index (χ3n) is 1.78. The quantitative estimate of drug-likeness (QED) is 0.509. The van der Waals surface area contributed by atoms with Crippen LogP contribution >= 0.6 is 0 Å². The van der Waals surface area contributed by atoms with E-state index in [-0.39, 0.29) is 30.6 Å². The zero-order valence-corrected chi connectivity index (χ0v) is 9.43. The lowest BCUT2D eigenvalue weighted by Crippen LogP contribution is -2.08. The zero-order chi connectivity index (χ0) is 13.4. The fourth-order valence-corrected chi connectivity index (χ4v) is 0.879. The maximum absolute atomic E-state index is 11.0. The van der Waals surface area contributed by atoms with Crippen LogP contribution in [0.5, 0.6) is 0 Å². The van der Waals surface area contributed by atoms with Crippen LogP contribution in [0.15, 0.2) is 23.8 Å². The maximum Gasteiger partial charge on any atom is 0.333 e. The fraction of sp³-hybridized carbons (Fsp3) is 0.364.